The average molecular weight is 204 g/mol. The average Bonchev–Trinajstić information content (AvgIpc) is 2.53. The van der Waals surface area contributed by atoms with Crippen LogP contribution in [0.5, 0.6) is 0 Å². The highest BCUT2D eigenvalue weighted by Crippen LogP contribution is 2.12. The Labute approximate surface area is 82.9 Å². The zero-order valence-corrected chi connectivity index (χ0v) is 8.18. The van der Waals surface area contributed by atoms with Gasteiger partial charge >= 0.3 is 5.97 Å². The molecule has 0 saturated carbocycles. The number of carbonyl (C=O) groups is 1. The molecule has 1 aliphatic rings. The molecule has 2 N–H and O–H groups in total. The lowest BCUT2D eigenvalue weighted by atomic mass is 10.4. The second-order valence-electron chi connectivity index (χ2n) is 2.76. The zero-order chi connectivity index (χ0) is 11.0. The van der Waals surface area contributed by atoms with Gasteiger partial charge in [0.2, 0.25) is 0 Å². The molecule has 0 aromatic heterocycles. The van der Waals surface area contributed by atoms with Gasteiger partial charge < -0.3 is 19.7 Å². The summed E-state index contributed by atoms with van der Waals surface area (Å²) in [6.07, 6.45) is 1.45. The van der Waals surface area contributed by atoms with E-state index in [4.69, 9.17) is 19.7 Å². The first kappa shape index (κ1) is 13.1. The first-order chi connectivity index (χ1) is 6.60. The lowest BCUT2D eigenvalue weighted by molar-refractivity contribution is -0.131. The standard InChI is InChI=1S/C6H12O3.C3H4O2/c1-5-4-8-6(9-5)2-3-7;1-2-3(4)5/h5-7H,2-4H2,1H3;2H,1H2,(H,4,5). The summed E-state index contributed by atoms with van der Waals surface area (Å²) in [6.45, 7) is 5.71. The molecule has 0 aromatic carbocycles. The number of rotatable bonds is 3. The van der Waals surface area contributed by atoms with Gasteiger partial charge in [0.25, 0.3) is 0 Å². The van der Waals surface area contributed by atoms with Crippen LogP contribution in [0.1, 0.15) is 13.3 Å². The van der Waals surface area contributed by atoms with Crippen LogP contribution in [-0.4, -0.2) is 41.8 Å². The maximum atomic E-state index is 9.25. The number of aliphatic carboxylic acids is 1. The second-order valence-corrected chi connectivity index (χ2v) is 2.76. The molecule has 0 aromatic rings. The number of aliphatic hydroxyl groups excluding tert-OH is 1. The number of carboxylic acid groups (broad SMARTS) is 1. The summed E-state index contributed by atoms with van der Waals surface area (Å²) in [7, 11) is 0. The van der Waals surface area contributed by atoms with Crippen molar-refractivity contribution in [3.05, 3.63) is 12.7 Å². The van der Waals surface area contributed by atoms with E-state index in [-0.39, 0.29) is 19.0 Å². The fraction of sp³-hybridized carbons (Fsp3) is 0.667. The number of carboxylic acids is 1. The van der Waals surface area contributed by atoms with E-state index in [0.29, 0.717) is 13.0 Å². The van der Waals surface area contributed by atoms with Gasteiger partial charge in [0.1, 0.15) is 0 Å². The lowest BCUT2D eigenvalue weighted by Gasteiger charge is -2.05. The first-order valence-electron chi connectivity index (χ1n) is 4.33. The minimum atomic E-state index is -0.981. The van der Waals surface area contributed by atoms with Crippen LogP contribution in [-0.2, 0) is 14.3 Å². The molecule has 1 rings (SSSR count). The summed E-state index contributed by atoms with van der Waals surface area (Å²) in [5.41, 5.74) is 0. The van der Waals surface area contributed by atoms with Crippen molar-refractivity contribution in [3.63, 3.8) is 0 Å². The van der Waals surface area contributed by atoms with E-state index < -0.39 is 5.97 Å². The highest BCUT2D eigenvalue weighted by atomic mass is 16.7. The van der Waals surface area contributed by atoms with Crippen molar-refractivity contribution < 1.29 is 24.5 Å². The minimum absolute atomic E-state index is 0.136. The summed E-state index contributed by atoms with van der Waals surface area (Å²) >= 11 is 0. The molecule has 1 fully saturated rings. The molecule has 82 valence electrons. The van der Waals surface area contributed by atoms with Crippen molar-refractivity contribution in [1.29, 1.82) is 0 Å². The van der Waals surface area contributed by atoms with E-state index in [0.717, 1.165) is 6.08 Å². The van der Waals surface area contributed by atoms with Gasteiger partial charge in [0, 0.05) is 19.1 Å². The van der Waals surface area contributed by atoms with Gasteiger partial charge in [-0.25, -0.2) is 4.79 Å². The number of ether oxygens (including phenoxy) is 2. The molecule has 5 heteroatoms. The largest absolute Gasteiger partial charge is 0.478 e. The molecule has 0 aliphatic carbocycles. The SMILES string of the molecule is C=CC(=O)O.CC1COC(CCO)O1. The molecule has 1 aliphatic heterocycles. The molecule has 0 amide bonds. The number of hydrogen-bond donors (Lipinski definition) is 2. The zero-order valence-electron chi connectivity index (χ0n) is 8.18. The molecule has 0 radical (unpaired) electrons. The Bertz CT molecular complexity index is 178. The maximum absolute atomic E-state index is 9.25. The Kier molecular flexibility index (Phi) is 7.00. The highest BCUT2D eigenvalue weighted by Gasteiger charge is 2.20. The van der Waals surface area contributed by atoms with Gasteiger partial charge in [-0.05, 0) is 6.92 Å². The predicted octanol–water partition coefficient (Wildman–Crippen LogP) is 0.387. The highest BCUT2D eigenvalue weighted by molar-refractivity contribution is 5.78. The molecule has 1 saturated heterocycles. The molecule has 0 spiro atoms. The van der Waals surface area contributed by atoms with Crippen molar-refractivity contribution in [2.75, 3.05) is 13.2 Å². The normalized spacial score (nSPS) is 25.0. The predicted molar refractivity (Wildman–Crippen MR) is 49.8 cm³/mol. The van der Waals surface area contributed by atoms with E-state index in [1.807, 2.05) is 6.92 Å². The minimum Gasteiger partial charge on any atom is -0.478 e. The van der Waals surface area contributed by atoms with Crippen LogP contribution in [0.4, 0.5) is 0 Å². The van der Waals surface area contributed by atoms with Gasteiger partial charge in [-0.2, -0.15) is 0 Å². The van der Waals surface area contributed by atoms with Crippen molar-refractivity contribution >= 4 is 5.97 Å². The van der Waals surface area contributed by atoms with Gasteiger partial charge in [-0.15, -0.1) is 0 Å². The Morgan fingerprint density at radius 1 is 1.71 bits per heavy atom. The summed E-state index contributed by atoms with van der Waals surface area (Å²) in [5, 5.41) is 16.1. The smallest absolute Gasteiger partial charge is 0.327 e. The maximum Gasteiger partial charge on any atom is 0.327 e. The molecule has 1 heterocycles. The van der Waals surface area contributed by atoms with Crippen molar-refractivity contribution in [2.24, 2.45) is 0 Å². The summed E-state index contributed by atoms with van der Waals surface area (Å²) in [4.78, 5) is 9.25. The summed E-state index contributed by atoms with van der Waals surface area (Å²) in [5.74, 6) is -0.981. The third-order valence-electron chi connectivity index (χ3n) is 1.44. The fourth-order valence-corrected chi connectivity index (χ4v) is 0.837. The number of hydrogen-bond acceptors (Lipinski definition) is 4. The van der Waals surface area contributed by atoms with E-state index in [1.54, 1.807) is 0 Å². The summed E-state index contributed by atoms with van der Waals surface area (Å²) < 4.78 is 10.3. The van der Waals surface area contributed by atoms with Crippen molar-refractivity contribution in [1.82, 2.24) is 0 Å². The Morgan fingerprint density at radius 3 is 2.57 bits per heavy atom. The van der Waals surface area contributed by atoms with E-state index in [1.165, 1.54) is 0 Å². The van der Waals surface area contributed by atoms with Crippen LogP contribution >= 0.6 is 0 Å². The lowest BCUT2D eigenvalue weighted by Crippen LogP contribution is -2.10. The first-order valence-corrected chi connectivity index (χ1v) is 4.33. The molecular formula is C9H16O5. The molecule has 0 bridgehead atoms. The molecule has 2 unspecified atom stereocenters. The summed E-state index contributed by atoms with van der Waals surface area (Å²) in [6, 6.07) is 0. The fourth-order valence-electron chi connectivity index (χ4n) is 0.837. The van der Waals surface area contributed by atoms with Crippen LogP contribution in [0.15, 0.2) is 12.7 Å². The topological polar surface area (TPSA) is 76.0 Å². The van der Waals surface area contributed by atoms with Crippen molar-refractivity contribution in [2.45, 2.75) is 25.7 Å². The van der Waals surface area contributed by atoms with Gasteiger partial charge in [-0.1, -0.05) is 6.58 Å². The Morgan fingerprint density at radius 2 is 2.29 bits per heavy atom. The van der Waals surface area contributed by atoms with Crippen LogP contribution in [0, 0.1) is 0 Å². The third-order valence-corrected chi connectivity index (χ3v) is 1.44. The number of aliphatic hydroxyl groups is 1. The van der Waals surface area contributed by atoms with Crippen LogP contribution in [0.25, 0.3) is 0 Å². The molecule has 2 atom stereocenters. The van der Waals surface area contributed by atoms with E-state index in [2.05, 4.69) is 6.58 Å². The van der Waals surface area contributed by atoms with Gasteiger partial charge in [-0.3, -0.25) is 0 Å². The van der Waals surface area contributed by atoms with Crippen LogP contribution < -0.4 is 0 Å². The molecule has 14 heavy (non-hydrogen) atoms. The molecular weight excluding hydrogens is 188 g/mol. The third kappa shape index (κ3) is 6.59. The second kappa shape index (κ2) is 7.49. The van der Waals surface area contributed by atoms with Crippen LogP contribution in [0.2, 0.25) is 0 Å². The quantitative estimate of drug-likeness (QED) is 0.650. The van der Waals surface area contributed by atoms with Gasteiger partial charge in [0.05, 0.1) is 12.7 Å². The molecule has 5 nitrogen and oxygen atoms in total. The van der Waals surface area contributed by atoms with E-state index >= 15 is 0 Å². The van der Waals surface area contributed by atoms with E-state index in [9.17, 15) is 4.79 Å². The Balaban J connectivity index is 0.000000292. The Hall–Kier alpha value is -0.910. The van der Waals surface area contributed by atoms with Gasteiger partial charge in [0.15, 0.2) is 6.29 Å². The van der Waals surface area contributed by atoms with Crippen LogP contribution in [0.3, 0.4) is 0 Å². The monoisotopic (exact) mass is 204 g/mol. The van der Waals surface area contributed by atoms with Crippen molar-refractivity contribution in [3.8, 4) is 0 Å².